The first-order valence-corrected chi connectivity index (χ1v) is 13.9. The van der Waals surface area contributed by atoms with Gasteiger partial charge in [-0.1, -0.05) is 60.7 Å². The number of nitrogens with one attached hydrogen (secondary N) is 1. The molecule has 4 rings (SSSR count). The molecule has 0 saturated heterocycles. The van der Waals surface area contributed by atoms with Gasteiger partial charge in [0.2, 0.25) is 5.91 Å². The molecule has 2 N–H and O–H groups in total. The zero-order valence-corrected chi connectivity index (χ0v) is 23.0. The van der Waals surface area contributed by atoms with Crippen molar-refractivity contribution >= 4 is 5.91 Å². The third-order valence-corrected chi connectivity index (χ3v) is 7.85. The molecule has 0 fully saturated rings. The first kappa shape index (κ1) is 27.6. The van der Waals surface area contributed by atoms with Gasteiger partial charge in [-0.05, 0) is 87.6 Å². The Labute approximate surface area is 227 Å². The molecule has 3 atom stereocenters. The molecule has 2 aromatic rings. The number of aromatic nitrogens is 2. The summed E-state index contributed by atoms with van der Waals surface area (Å²) in [6, 6.07) is 10.2. The third kappa shape index (κ3) is 6.93. The summed E-state index contributed by atoms with van der Waals surface area (Å²) in [6.07, 6.45) is 19.5. The van der Waals surface area contributed by atoms with Crippen molar-refractivity contribution in [2.75, 3.05) is 20.1 Å². The van der Waals surface area contributed by atoms with Crippen LogP contribution in [-0.2, 0) is 4.79 Å². The van der Waals surface area contributed by atoms with Gasteiger partial charge < -0.3 is 10.0 Å². The van der Waals surface area contributed by atoms with Gasteiger partial charge in [0.1, 0.15) is 11.9 Å². The van der Waals surface area contributed by atoms with Crippen LogP contribution in [0.4, 0.5) is 0 Å². The zero-order valence-electron chi connectivity index (χ0n) is 23.0. The Morgan fingerprint density at radius 2 is 2.03 bits per heavy atom. The Balaban J connectivity index is 1.36. The minimum atomic E-state index is -0.177. The Bertz CT molecular complexity index is 1190. The van der Waals surface area contributed by atoms with E-state index in [1.807, 2.05) is 48.5 Å². The Hall–Kier alpha value is -3.38. The number of carbonyl (C=O) groups excluding carboxylic acids is 1. The predicted octanol–water partition coefficient (Wildman–Crippen LogP) is 6.30. The minimum absolute atomic E-state index is 0.0344. The Morgan fingerprint density at radius 3 is 2.71 bits per heavy atom. The standard InChI is InChI=1S/C32H42N4O2/c1-24-23-34-36(25(24)2)30(20-19-26-13-10-11-18-29(26)37)33-21-12-22-35(3)32(38)31(27-14-6-4-7-15-27)28-16-8-5-9-17-28/h4-9,11,14-16,18,23,28,30-31,33,37H,10,12-13,17,19-22H2,1-3H3. The molecule has 1 amide bonds. The molecule has 2 aliphatic rings. The van der Waals surface area contributed by atoms with Crippen molar-refractivity contribution in [1.29, 1.82) is 0 Å². The molecule has 1 aromatic heterocycles. The second kappa shape index (κ2) is 13.4. The van der Waals surface area contributed by atoms with E-state index in [0.717, 1.165) is 61.9 Å². The highest BCUT2D eigenvalue weighted by Crippen LogP contribution is 2.32. The fourth-order valence-electron chi connectivity index (χ4n) is 5.41. The molecular weight excluding hydrogens is 472 g/mol. The molecule has 6 nitrogen and oxygen atoms in total. The van der Waals surface area contributed by atoms with Gasteiger partial charge in [0.25, 0.3) is 0 Å². The number of amides is 1. The zero-order chi connectivity index (χ0) is 26.9. The van der Waals surface area contributed by atoms with Gasteiger partial charge in [-0.2, -0.15) is 5.10 Å². The van der Waals surface area contributed by atoms with Crippen molar-refractivity contribution in [3.05, 3.63) is 101 Å². The van der Waals surface area contributed by atoms with Crippen LogP contribution in [0, 0.1) is 19.8 Å². The number of aryl methyl sites for hydroxylation is 1. The molecule has 0 bridgehead atoms. The number of rotatable bonds is 12. The maximum atomic E-state index is 13.6. The SMILES string of the molecule is Cc1cnn(C(CCC2=C(O)C=CCC2)NCCCN(C)C(=O)C(c2ccccc2)C2C=CC=CC2)c1C. The van der Waals surface area contributed by atoms with E-state index in [4.69, 9.17) is 0 Å². The van der Waals surface area contributed by atoms with Crippen LogP contribution in [0.5, 0.6) is 0 Å². The lowest BCUT2D eigenvalue weighted by Gasteiger charge is -2.29. The van der Waals surface area contributed by atoms with Crippen molar-refractivity contribution in [2.45, 2.75) is 64.5 Å². The molecule has 1 aromatic carbocycles. The van der Waals surface area contributed by atoms with E-state index in [0.29, 0.717) is 12.3 Å². The first-order chi connectivity index (χ1) is 18.5. The van der Waals surface area contributed by atoms with Crippen molar-refractivity contribution < 1.29 is 9.90 Å². The van der Waals surface area contributed by atoms with Crippen LogP contribution in [0.3, 0.4) is 0 Å². The quantitative estimate of drug-likeness (QED) is 0.326. The maximum Gasteiger partial charge on any atom is 0.230 e. The number of aliphatic hydroxyl groups excluding tert-OH is 1. The molecule has 2 aliphatic carbocycles. The van der Waals surface area contributed by atoms with E-state index in [2.05, 4.69) is 65.4 Å². The van der Waals surface area contributed by atoms with Crippen molar-refractivity contribution in [2.24, 2.45) is 5.92 Å². The number of likely N-dealkylation sites (N-methyl/N-ethyl adjacent to an activating group) is 1. The second-order valence-corrected chi connectivity index (χ2v) is 10.5. The number of allylic oxidation sites excluding steroid dienone is 7. The molecular formula is C32H42N4O2. The lowest BCUT2D eigenvalue weighted by atomic mass is 9.81. The van der Waals surface area contributed by atoms with Gasteiger partial charge >= 0.3 is 0 Å². The third-order valence-electron chi connectivity index (χ3n) is 7.85. The number of benzene rings is 1. The molecule has 3 unspecified atom stereocenters. The van der Waals surface area contributed by atoms with Crippen LogP contribution >= 0.6 is 0 Å². The second-order valence-electron chi connectivity index (χ2n) is 10.5. The Kier molecular flexibility index (Phi) is 9.77. The van der Waals surface area contributed by atoms with E-state index in [-0.39, 0.29) is 23.9 Å². The number of nitrogens with zero attached hydrogens (tertiary/aromatic N) is 3. The summed E-state index contributed by atoms with van der Waals surface area (Å²) in [5.41, 5.74) is 4.51. The summed E-state index contributed by atoms with van der Waals surface area (Å²) in [6.45, 7) is 5.63. The monoisotopic (exact) mass is 514 g/mol. The smallest absolute Gasteiger partial charge is 0.230 e. The first-order valence-electron chi connectivity index (χ1n) is 13.9. The van der Waals surface area contributed by atoms with Gasteiger partial charge in [-0.15, -0.1) is 0 Å². The number of aliphatic hydroxyl groups is 1. The van der Waals surface area contributed by atoms with Gasteiger partial charge in [0, 0.05) is 19.3 Å². The summed E-state index contributed by atoms with van der Waals surface area (Å²) < 4.78 is 2.06. The van der Waals surface area contributed by atoms with Gasteiger partial charge in [0.05, 0.1) is 12.1 Å². The molecule has 0 aliphatic heterocycles. The van der Waals surface area contributed by atoms with Crippen molar-refractivity contribution in [3.8, 4) is 0 Å². The van der Waals surface area contributed by atoms with E-state index >= 15 is 0 Å². The normalized spacial score (nSPS) is 18.6. The number of hydrogen-bond donors (Lipinski definition) is 2. The van der Waals surface area contributed by atoms with E-state index in [1.54, 1.807) is 0 Å². The molecule has 0 saturated carbocycles. The highest BCUT2D eigenvalue weighted by atomic mass is 16.3. The van der Waals surface area contributed by atoms with Crippen LogP contribution in [0.1, 0.15) is 67.4 Å². The average Bonchev–Trinajstić information content (AvgIpc) is 3.28. The molecule has 38 heavy (non-hydrogen) atoms. The highest BCUT2D eigenvalue weighted by Gasteiger charge is 2.30. The molecule has 6 heteroatoms. The van der Waals surface area contributed by atoms with Crippen molar-refractivity contribution in [3.63, 3.8) is 0 Å². The van der Waals surface area contributed by atoms with E-state index < -0.39 is 0 Å². The number of carbonyl (C=O) groups is 1. The lowest BCUT2D eigenvalue weighted by Crippen LogP contribution is -2.37. The summed E-state index contributed by atoms with van der Waals surface area (Å²) in [5, 5.41) is 18.6. The van der Waals surface area contributed by atoms with E-state index in [9.17, 15) is 9.90 Å². The lowest BCUT2D eigenvalue weighted by molar-refractivity contribution is -0.132. The predicted molar refractivity (Wildman–Crippen MR) is 154 cm³/mol. The summed E-state index contributed by atoms with van der Waals surface area (Å²) in [4.78, 5) is 15.5. The highest BCUT2D eigenvalue weighted by molar-refractivity contribution is 5.84. The Morgan fingerprint density at radius 1 is 1.21 bits per heavy atom. The van der Waals surface area contributed by atoms with Crippen LogP contribution in [-0.4, -0.2) is 45.8 Å². The molecule has 0 radical (unpaired) electrons. The van der Waals surface area contributed by atoms with Crippen LogP contribution < -0.4 is 5.32 Å². The minimum Gasteiger partial charge on any atom is -0.508 e. The van der Waals surface area contributed by atoms with E-state index in [1.165, 1.54) is 5.56 Å². The largest absolute Gasteiger partial charge is 0.508 e. The molecule has 0 spiro atoms. The number of hydrogen-bond acceptors (Lipinski definition) is 4. The molecule has 202 valence electrons. The maximum absolute atomic E-state index is 13.6. The molecule has 1 heterocycles. The summed E-state index contributed by atoms with van der Waals surface area (Å²) in [7, 11) is 1.92. The van der Waals surface area contributed by atoms with Gasteiger partial charge in [0.15, 0.2) is 0 Å². The fraction of sp³-hybridized carbons (Fsp3) is 0.438. The fourth-order valence-corrected chi connectivity index (χ4v) is 5.41. The average molecular weight is 515 g/mol. The van der Waals surface area contributed by atoms with Gasteiger partial charge in [-0.3, -0.25) is 14.8 Å². The van der Waals surface area contributed by atoms with Crippen LogP contribution in [0.2, 0.25) is 0 Å². The van der Waals surface area contributed by atoms with Crippen LogP contribution in [0.25, 0.3) is 0 Å². The van der Waals surface area contributed by atoms with Crippen molar-refractivity contribution in [1.82, 2.24) is 20.0 Å². The summed E-state index contributed by atoms with van der Waals surface area (Å²) in [5.74, 6) is 0.582. The van der Waals surface area contributed by atoms with Crippen LogP contribution in [0.15, 0.2) is 84.3 Å². The topological polar surface area (TPSA) is 70.4 Å². The summed E-state index contributed by atoms with van der Waals surface area (Å²) >= 11 is 0. The van der Waals surface area contributed by atoms with Gasteiger partial charge in [-0.25, -0.2) is 0 Å².